The number of para-hydroxylation sites is 1. The molecule has 3 rings (SSSR count). The lowest BCUT2D eigenvalue weighted by Crippen LogP contribution is -2.42. The first-order chi connectivity index (χ1) is 15.8. The predicted molar refractivity (Wildman–Crippen MR) is 118 cm³/mol. The molecule has 0 radical (unpaired) electrons. The van der Waals surface area contributed by atoms with Gasteiger partial charge in [-0.1, -0.05) is 18.2 Å². The first kappa shape index (κ1) is 23.5. The van der Waals surface area contributed by atoms with Crippen LogP contribution in [-0.4, -0.2) is 49.2 Å². The van der Waals surface area contributed by atoms with Crippen molar-refractivity contribution in [2.75, 3.05) is 14.2 Å². The molecule has 3 aromatic rings. The Bertz CT molecular complexity index is 1300. The largest absolute Gasteiger partial charge is 0.493 e. The Morgan fingerprint density at radius 1 is 1.12 bits per heavy atom. The third-order valence-electron chi connectivity index (χ3n) is 4.38. The maximum absolute atomic E-state index is 13.0. The summed E-state index contributed by atoms with van der Waals surface area (Å²) in [6.45, 7) is 0. The maximum atomic E-state index is 13.0. The summed E-state index contributed by atoms with van der Waals surface area (Å²) in [5.41, 5.74) is 3.12. The number of hydrazine groups is 1. The zero-order chi connectivity index (χ0) is 24.0. The minimum Gasteiger partial charge on any atom is -0.493 e. The highest BCUT2D eigenvalue weighted by atomic mass is 32.2. The van der Waals surface area contributed by atoms with Crippen molar-refractivity contribution in [2.45, 2.75) is 4.90 Å². The second-order valence-corrected chi connectivity index (χ2v) is 8.12. The molecule has 0 aliphatic rings. The molecule has 0 fully saturated rings. The highest BCUT2D eigenvalue weighted by molar-refractivity contribution is 7.89. The summed E-state index contributed by atoms with van der Waals surface area (Å²) in [6, 6.07) is 11.5. The van der Waals surface area contributed by atoms with Crippen LogP contribution in [0.25, 0.3) is 11.8 Å². The van der Waals surface area contributed by atoms with Crippen LogP contribution in [0, 0.1) is 0 Å². The number of aromatic nitrogens is 2. The standard InChI is InChI=1S/C21H20N4O7S/c1-31-17-10-14(8-9-19(26)27)11-18(20(17)32-2)33(29,30)24-23-21(28)16-12-22-13-25(16)15-6-4-3-5-7-15/h3-13,24H,1-2H3,(H,23,28)(H,26,27)/b9-8+. The van der Waals surface area contributed by atoms with Crippen molar-refractivity contribution >= 4 is 28.0 Å². The molecule has 0 spiro atoms. The third-order valence-corrected chi connectivity index (χ3v) is 5.63. The molecule has 3 N–H and O–H groups in total. The topological polar surface area (TPSA) is 149 Å². The number of nitrogens with one attached hydrogen (secondary N) is 2. The van der Waals surface area contributed by atoms with Crippen LogP contribution in [0.15, 0.2) is 66.0 Å². The minimum absolute atomic E-state index is 0.0545. The summed E-state index contributed by atoms with van der Waals surface area (Å²) >= 11 is 0. The van der Waals surface area contributed by atoms with Crippen LogP contribution in [0.2, 0.25) is 0 Å². The van der Waals surface area contributed by atoms with Crippen molar-refractivity contribution in [1.82, 2.24) is 19.8 Å². The second-order valence-electron chi connectivity index (χ2n) is 6.47. The van der Waals surface area contributed by atoms with Gasteiger partial charge >= 0.3 is 5.97 Å². The van der Waals surface area contributed by atoms with Gasteiger partial charge in [0.05, 0.1) is 26.7 Å². The van der Waals surface area contributed by atoms with Crippen LogP contribution < -0.4 is 19.7 Å². The molecule has 1 aromatic heterocycles. The zero-order valence-corrected chi connectivity index (χ0v) is 18.4. The number of imidazole rings is 1. The number of amides is 1. The SMILES string of the molecule is COc1cc(/C=C/C(=O)O)cc(S(=O)(=O)NNC(=O)c2cncn2-c2ccccc2)c1OC. The fourth-order valence-electron chi connectivity index (χ4n) is 2.90. The van der Waals surface area contributed by atoms with E-state index in [1.54, 1.807) is 24.3 Å². The Morgan fingerprint density at radius 2 is 1.85 bits per heavy atom. The van der Waals surface area contributed by atoms with E-state index < -0.39 is 21.9 Å². The van der Waals surface area contributed by atoms with Gasteiger partial charge in [0.2, 0.25) is 0 Å². The van der Waals surface area contributed by atoms with Crippen LogP contribution in [0.5, 0.6) is 11.5 Å². The Kier molecular flexibility index (Phi) is 7.10. The Morgan fingerprint density at radius 3 is 2.48 bits per heavy atom. The first-order valence-corrected chi connectivity index (χ1v) is 10.8. The molecule has 0 atom stereocenters. The van der Waals surface area contributed by atoms with Gasteiger partial charge in [-0.25, -0.2) is 18.2 Å². The van der Waals surface area contributed by atoms with Gasteiger partial charge < -0.3 is 14.6 Å². The van der Waals surface area contributed by atoms with Gasteiger partial charge in [0.15, 0.2) is 11.5 Å². The summed E-state index contributed by atoms with van der Waals surface area (Å²) < 4.78 is 37.8. The molecule has 0 saturated heterocycles. The van der Waals surface area contributed by atoms with Gasteiger partial charge in [0.25, 0.3) is 15.9 Å². The minimum atomic E-state index is -4.36. The van der Waals surface area contributed by atoms with E-state index in [1.165, 1.54) is 49.5 Å². The number of nitrogens with zero attached hydrogens (tertiary/aromatic N) is 2. The summed E-state index contributed by atoms with van der Waals surface area (Å²) in [4.78, 5) is 29.1. The van der Waals surface area contributed by atoms with E-state index in [2.05, 4.69) is 10.4 Å². The number of carbonyl (C=O) groups is 2. The van der Waals surface area contributed by atoms with Crippen LogP contribution in [0.3, 0.4) is 0 Å². The van der Waals surface area contributed by atoms with Gasteiger partial charge in [-0.05, 0) is 35.9 Å². The number of ether oxygens (including phenoxy) is 2. The quantitative estimate of drug-likeness (QED) is 0.314. The number of aliphatic carboxylic acids is 1. The lowest BCUT2D eigenvalue weighted by molar-refractivity contribution is -0.131. The summed E-state index contributed by atoms with van der Waals surface area (Å²) in [7, 11) is -1.80. The fourth-order valence-corrected chi connectivity index (χ4v) is 3.96. The molecular formula is C21H20N4O7S. The molecule has 172 valence electrons. The maximum Gasteiger partial charge on any atom is 0.328 e. The molecule has 0 saturated carbocycles. The van der Waals surface area contributed by atoms with Crippen LogP contribution in [-0.2, 0) is 14.8 Å². The number of rotatable bonds is 9. The average Bonchev–Trinajstić information content (AvgIpc) is 3.31. The molecule has 11 nitrogen and oxygen atoms in total. The van der Waals surface area contributed by atoms with Gasteiger partial charge in [-0.3, -0.25) is 14.8 Å². The summed E-state index contributed by atoms with van der Waals surface area (Å²) in [5, 5.41) is 8.84. The predicted octanol–water partition coefficient (Wildman–Crippen LogP) is 1.61. The molecule has 2 aromatic carbocycles. The number of benzene rings is 2. The van der Waals surface area contributed by atoms with E-state index >= 15 is 0 Å². The molecule has 1 amide bonds. The Balaban J connectivity index is 1.90. The van der Waals surface area contributed by atoms with Gasteiger partial charge in [-0.2, -0.15) is 0 Å². The molecule has 0 aliphatic heterocycles. The number of carbonyl (C=O) groups excluding carboxylic acids is 1. The molecule has 0 unspecified atom stereocenters. The van der Waals surface area contributed by atoms with Crippen molar-refractivity contribution in [3.8, 4) is 17.2 Å². The Hall–Kier alpha value is -4.16. The molecular weight excluding hydrogens is 452 g/mol. The van der Waals surface area contributed by atoms with E-state index in [0.29, 0.717) is 5.69 Å². The monoisotopic (exact) mass is 472 g/mol. The first-order valence-electron chi connectivity index (χ1n) is 9.33. The number of sulfonamides is 1. The molecule has 0 aliphatic carbocycles. The van der Waals surface area contributed by atoms with Gasteiger partial charge in [0.1, 0.15) is 10.6 Å². The van der Waals surface area contributed by atoms with Crippen LogP contribution in [0.1, 0.15) is 16.1 Å². The van der Waals surface area contributed by atoms with Crippen molar-refractivity contribution < 1.29 is 32.6 Å². The molecule has 1 heterocycles. The molecule has 33 heavy (non-hydrogen) atoms. The molecule has 12 heteroatoms. The summed E-state index contributed by atoms with van der Waals surface area (Å²) in [6.07, 6.45) is 4.75. The highest BCUT2D eigenvalue weighted by Gasteiger charge is 2.25. The normalized spacial score (nSPS) is 11.3. The third kappa shape index (κ3) is 5.37. The number of methoxy groups -OCH3 is 2. The average molecular weight is 472 g/mol. The lowest BCUT2D eigenvalue weighted by Gasteiger charge is -2.15. The Labute approximate surface area is 189 Å². The van der Waals surface area contributed by atoms with Crippen LogP contribution in [0.4, 0.5) is 0 Å². The van der Waals surface area contributed by atoms with Gasteiger partial charge in [0, 0.05) is 11.8 Å². The van der Waals surface area contributed by atoms with Crippen molar-refractivity contribution in [1.29, 1.82) is 0 Å². The van der Waals surface area contributed by atoms with E-state index in [4.69, 9.17) is 14.6 Å². The number of carboxylic acid groups (broad SMARTS) is 1. The van der Waals surface area contributed by atoms with Crippen molar-refractivity contribution in [3.05, 3.63) is 72.3 Å². The zero-order valence-electron chi connectivity index (χ0n) is 17.6. The number of hydrogen-bond donors (Lipinski definition) is 3. The van der Waals surface area contributed by atoms with E-state index in [1.807, 2.05) is 10.9 Å². The highest BCUT2D eigenvalue weighted by Crippen LogP contribution is 2.35. The summed E-state index contributed by atoms with van der Waals surface area (Å²) in [5.74, 6) is -2.04. The lowest BCUT2D eigenvalue weighted by atomic mass is 10.2. The van der Waals surface area contributed by atoms with Gasteiger partial charge in [-0.15, -0.1) is 4.83 Å². The van der Waals surface area contributed by atoms with E-state index in [9.17, 15) is 18.0 Å². The van der Waals surface area contributed by atoms with Crippen LogP contribution >= 0.6 is 0 Å². The number of carboxylic acids is 1. The van der Waals surface area contributed by atoms with E-state index in [0.717, 1.165) is 6.08 Å². The van der Waals surface area contributed by atoms with E-state index in [-0.39, 0.29) is 27.7 Å². The van der Waals surface area contributed by atoms with Crippen molar-refractivity contribution in [3.63, 3.8) is 0 Å². The number of hydrogen-bond acceptors (Lipinski definition) is 7. The fraction of sp³-hybridized carbons (Fsp3) is 0.0952. The smallest absolute Gasteiger partial charge is 0.328 e. The molecule has 0 bridgehead atoms. The van der Waals surface area contributed by atoms with Crippen molar-refractivity contribution in [2.24, 2.45) is 0 Å². The second kappa shape index (κ2) is 9.97.